The predicted octanol–water partition coefficient (Wildman–Crippen LogP) is 4.65. The van der Waals surface area contributed by atoms with Crippen molar-refractivity contribution in [3.8, 4) is 12.3 Å². The third-order valence-electron chi connectivity index (χ3n) is 4.53. The van der Waals surface area contributed by atoms with E-state index in [1.54, 1.807) is 11.8 Å². The number of aryl methyl sites for hydroxylation is 3. The number of nitrogens with zero attached hydrogens (tertiary/aromatic N) is 2. The van der Waals surface area contributed by atoms with Crippen molar-refractivity contribution in [2.24, 2.45) is 4.99 Å². The molecule has 0 bridgehead atoms. The molecule has 0 aliphatic rings. The number of thioether (sulfide) groups is 1. The standard InChI is InChI=1S/C22H22N2OS2/c1-6-9-24-19-8-7-17(26-5)12-20(19)27-22(24)23-21(25)13-18-15(3)10-14(2)11-16(18)4/h1,7-8,10-12H,9,13H2,2-5H3. The van der Waals surface area contributed by atoms with Crippen molar-refractivity contribution < 1.29 is 4.79 Å². The Morgan fingerprint density at radius 3 is 2.56 bits per heavy atom. The molecule has 0 fully saturated rings. The second-order valence-corrected chi connectivity index (χ2v) is 8.46. The van der Waals surface area contributed by atoms with Crippen molar-refractivity contribution in [2.45, 2.75) is 38.6 Å². The Labute approximate surface area is 168 Å². The molecule has 2 aromatic carbocycles. The average molecular weight is 395 g/mol. The van der Waals surface area contributed by atoms with Crippen LogP contribution in [-0.2, 0) is 17.8 Å². The van der Waals surface area contributed by atoms with Crippen LogP contribution in [0.1, 0.15) is 22.3 Å². The molecule has 138 valence electrons. The summed E-state index contributed by atoms with van der Waals surface area (Å²) in [6, 6.07) is 10.5. The number of thiazole rings is 1. The zero-order valence-electron chi connectivity index (χ0n) is 16.0. The molecular weight excluding hydrogens is 372 g/mol. The van der Waals surface area contributed by atoms with Crippen LogP contribution >= 0.6 is 23.1 Å². The lowest BCUT2D eigenvalue weighted by Gasteiger charge is -2.09. The van der Waals surface area contributed by atoms with Crippen LogP contribution in [0.3, 0.4) is 0 Å². The zero-order valence-corrected chi connectivity index (χ0v) is 17.6. The number of aromatic nitrogens is 1. The van der Waals surface area contributed by atoms with Crippen LogP contribution in [0.2, 0.25) is 0 Å². The van der Waals surface area contributed by atoms with Gasteiger partial charge in [0.2, 0.25) is 0 Å². The lowest BCUT2D eigenvalue weighted by atomic mass is 9.97. The second-order valence-electron chi connectivity index (χ2n) is 6.57. The van der Waals surface area contributed by atoms with Crippen molar-refractivity contribution in [3.63, 3.8) is 0 Å². The fourth-order valence-corrected chi connectivity index (χ4v) is 4.90. The molecule has 1 amide bonds. The van der Waals surface area contributed by atoms with Crippen LogP contribution in [0.25, 0.3) is 10.2 Å². The highest BCUT2D eigenvalue weighted by molar-refractivity contribution is 7.98. The molecule has 1 heterocycles. The lowest BCUT2D eigenvalue weighted by Crippen LogP contribution is -2.17. The van der Waals surface area contributed by atoms with Crippen LogP contribution in [0.5, 0.6) is 0 Å². The minimum atomic E-state index is -0.146. The van der Waals surface area contributed by atoms with Gasteiger partial charge in [0.1, 0.15) is 0 Å². The Morgan fingerprint density at radius 2 is 1.93 bits per heavy atom. The maximum absolute atomic E-state index is 12.7. The molecule has 1 aromatic heterocycles. The van der Waals surface area contributed by atoms with E-state index >= 15 is 0 Å². The number of carbonyl (C=O) groups excluding carboxylic acids is 1. The van der Waals surface area contributed by atoms with Crippen molar-refractivity contribution in [1.29, 1.82) is 0 Å². The number of fused-ring (bicyclic) bond motifs is 1. The molecular formula is C22H22N2OS2. The molecule has 0 atom stereocenters. The minimum absolute atomic E-state index is 0.146. The van der Waals surface area contributed by atoms with E-state index in [0.29, 0.717) is 17.8 Å². The highest BCUT2D eigenvalue weighted by Crippen LogP contribution is 2.24. The molecule has 0 N–H and O–H groups in total. The summed E-state index contributed by atoms with van der Waals surface area (Å²) in [4.78, 5) is 19.0. The first-order valence-electron chi connectivity index (χ1n) is 8.68. The van der Waals surface area contributed by atoms with Gasteiger partial charge < -0.3 is 4.57 Å². The Balaban J connectivity index is 2.03. The Hall–Kier alpha value is -2.29. The van der Waals surface area contributed by atoms with Gasteiger partial charge in [0.15, 0.2) is 4.80 Å². The van der Waals surface area contributed by atoms with E-state index in [1.807, 2.05) is 30.7 Å². The van der Waals surface area contributed by atoms with E-state index < -0.39 is 0 Å². The van der Waals surface area contributed by atoms with E-state index in [-0.39, 0.29) is 5.91 Å². The lowest BCUT2D eigenvalue weighted by molar-refractivity contribution is -0.117. The van der Waals surface area contributed by atoms with E-state index in [0.717, 1.165) is 26.9 Å². The summed E-state index contributed by atoms with van der Waals surface area (Å²) in [5.74, 6) is 2.53. The first-order chi connectivity index (χ1) is 12.9. The molecule has 0 saturated carbocycles. The van der Waals surface area contributed by atoms with Crippen LogP contribution in [0.15, 0.2) is 40.2 Å². The molecule has 27 heavy (non-hydrogen) atoms. The van der Waals surface area contributed by atoms with Crippen molar-refractivity contribution in [1.82, 2.24) is 4.57 Å². The van der Waals surface area contributed by atoms with E-state index in [9.17, 15) is 4.79 Å². The van der Waals surface area contributed by atoms with Crippen molar-refractivity contribution in [2.75, 3.05) is 6.26 Å². The molecule has 3 rings (SSSR count). The summed E-state index contributed by atoms with van der Waals surface area (Å²) in [5, 5.41) is 0. The van der Waals surface area contributed by atoms with Crippen molar-refractivity contribution in [3.05, 3.63) is 57.4 Å². The fourth-order valence-electron chi connectivity index (χ4n) is 3.30. The average Bonchev–Trinajstić information content (AvgIpc) is 2.94. The van der Waals surface area contributed by atoms with Gasteiger partial charge in [-0.25, -0.2) is 0 Å². The van der Waals surface area contributed by atoms with Crippen molar-refractivity contribution >= 4 is 39.2 Å². The molecule has 3 aromatic rings. The van der Waals surface area contributed by atoms with E-state index in [4.69, 9.17) is 6.42 Å². The SMILES string of the molecule is C#CCn1c(=NC(=O)Cc2c(C)cc(C)cc2C)sc2cc(SC)ccc21. The number of benzene rings is 2. The summed E-state index contributed by atoms with van der Waals surface area (Å²) in [5.41, 5.74) is 5.55. The maximum Gasteiger partial charge on any atom is 0.252 e. The van der Waals surface area contributed by atoms with Gasteiger partial charge in [0.25, 0.3) is 5.91 Å². The Kier molecular flexibility index (Phi) is 5.88. The van der Waals surface area contributed by atoms with Gasteiger partial charge in [-0.2, -0.15) is 4.99 Å². The largest absolute Gasteiger partial charge is 0.305 e. The molecule has 0 aliphatic carbocycles. The monoisotopic (exact) mass is 394 g/mol. The van der Waals surface area contributed by atoms with Crippen LogP contribution in [-0.4, -0.2) is 16.7 Å². The summed E-state index contributed by atoms with van der Waals surface area (Å²) in [6.07, 6.45) is 7.90. The fraction of sp³-hybridized carbons (Fsp3) is 0.273. The zero-order chi connectivity index (χ0) is 19.6. The van der Waals surface area contributed by atoms with Gasteiger partial charge in [0.05, 0.1) is 23.2 Å². The Bertz CT molecular complexity index is 1110. The molecule has 0 unspecified atom stereocenters. The normalized spacial score (nSPS) is 11.7. The summed E-state index contributed by atoms with van der Waals surface area (Å²) in [7, 11) is 0. The van der Waals surface area contributed by atoms with Gasteiger partial charge in [-0.05, 0) is 61.9 Å². The number of hydrogen-bond acceptors (Lipinski definition) is 3. The first kappa shape index (κ1) is 19.5. The van der Waals surface area contributed by atoms with Gasteiger partial charge in [-0.3, -0.25) is 4.79 Å². The van der Waals surface area contributed by atoms with Gasteiger partial charge >= 0.3 is 0 Å². The predicted molar refractivity (Wildman–Crippen MR) is 115 cm³/mol. The minimum Gasteiger partial charge on any atom is -0.305 e. The number of amides is 1. The van der Waals surface area contributed by atoms with E-state index in [2.05, 4.69) is 42.1 Å². The number of carbonyl (C=O) groups is 1. The van der Waals surface area contributed by atoms with Crippen LogP contribution in [0, 0.1) is 33.1 Å². The Morgan fingerprint density at radius 1 is 1.22 bits per heavy atom. The molecule has 0 aliphatic heterocycles. The van der Waals surface area contributed by atoms with Gasteiger partial charge in [-0.1, -0.05) is 35.0 Å². The quantitative estimate of drug-likeness (QED) is 0.477. The van der Waals surface area contributed by atoms with Crippen LogP contribution < -0.4 is 4.80 Å². The number of hydrogen-bond donors (Lipinski definition) is 0. The highest BCUT2D eigenvalue weighted by atomic mass is 32.2. The molecule has 5 heteroatoms. The third kappa shape index (κ3) is 4.18. The summed E-state index contributed by atoms with van der Waals surface area (Å²) in [6.45, 7) is 6.56. The highest BCUT2D eigenvalue weighted by Gasteiger charge is 2.11. The summed E-state index contributed by atoms with van der Waals surface area (Å²) < 4.78 is 3.03. The van der Waals surface area contributed by atoms with Crippen LogP contribution in [0.4, 0.5) is 0 Å². The molecule has 3 nitrogen and oxygen atoms in total. The summed E-state index contributed by atoms with van der Waals surface area (Å²) >= 11 is 3.20. The number of rotatable bonds is 4. The topological polar surface area (TPSA) is 34.4 Å². The molecule has 0 radical (unpaired) electrons. The second kappa shape index (κ2) is 8.16. The van der Waals surface area contributed by atoms with Gasteiger partial charge in [-0.15, -0.1) is 18.2 Å². The third-order valence-corrected chi connectivity index (χ3v) is 6.29. The van der Waals surface area contributed by atoms with Gasteiger partial charge in [0, 0.05) is 4.90 Å². The molecule has 0 spiro atoms. The first-order valence-corrected chi connectivity index (χ1v) is 10.7. The van der Waals surface area contributed by atoms with E-state index in [1.165, 1.54) is 21.8 Å². The molecule has 0 saturated heterocycles. The smallest absolute Gasteiger partial charge is 0.252 e. The maximum atomic E-state index is 12.7. The number of terminal acetylenes is 1.